The standard InChI is InChI=1S/C15H13N3O6S/c1-10(19)17-25(23,24)14-5-2-12(3-6-14)16-9-11-8-13(18(21)22)4-7-15(11)20/h2-9,20H,1H3,(H,17,19)/p-1. The molecule has 0 unspecified atom stereocenters. The molecule has 0 saturated carbocycles. The summed E-state index contributed by atoms with van der Waals surface area (Å²) in [6.45, 7) is 1.08. The van der Waals surface area contributed by atoms with Crippen LogP contribution in [0.25, 0.3) is 0 Å². The minimum atomic E-state index is -3.94. The van der Waals surface area contributed by atoms with Gasteiger partial charge in [0.05, 0.1) is 15.5 Å². The highest BCUT2D eigenvalue weighted by Gasteiger charge is 2.14. The number of nitrogens with one attached hydrogen (secondary N) is 1. The van der Waals surface area contributed by atoms with Crippen molar-refractivity contribution in [2.45, 2.75) is 11.8 Å². The van der Waals surface area contributed by atoms with Gasteiger partial charge in [0.15, 0.2) is 0 Å². The molecule has 1 amide bonds. The van der Waals surface area contributed by atoms with E-state index in [0.717, 1.165) is 31.3 Å². The summed E-state index contributed by atoms with van der Waals surface area (Å²) in [5, 5.41) is 22.4. The number of amides is 1. The summed E-state index contributed by atoms with van der Waals surface area (Å²) in [5.41, 5.74) is 0.120. The van der Waals surface area contributed by atoms with Gasteiger partial charge in [0.1, 0.15) is 0 Å². The normalized spacial score (nSPS) is 11.4. The van der Waals surface area contributed by atoms with E-state index in [-0.39, 0.29) is 16.1 Å². The molecular weight excluding hydrogens is 350 g/mol. The fourth-order valence-electron chi connectivity index (χ4n) is 1.85. The zero-order valence-electron chi connectivity index (χ0n) is 12.9. The minimum absolute atomic E-state index is 0.0316. The maximum absolute atomic E-state index is 11.8. The highest BCUT2D eigenvalue weighted by Crippen LogP contribution is 2.21. The lowest BCUT2D eigenvalue weighted by Gasteiger charge is -2.08. The Bertz CT molecular complexity index is 952. The molecule has 0 aliphatic rings. The van der Waals surface area contributed by atoms with Crippen LogP contribution in [0.5, 0.6) is 5.75 Å². The van der Waals surface area contributed by atoms with Crippen molar-refractivity contribution in [3.05, 3.63) is 58.1 Å². The maximum Gasteiger partial charge on any atom is 0.270 e. The van der Waals surface area contributed by atoms with Gasteiger partial charge in [-0.1, -0.05) is 11.8 Å². The topological polar surface area (TPSA) is 142 Å². The van der Waals surface area contributed by atoms with Crippen LogP contribution >= 0.6 is 0 Å². The second kappa shape index (κ2) is 7.09. The third-order valence-corrected chi connectivity index (χ3v) is 4.43. The van der Waals surface area contributed by atoms with Crippen LogP contribution in [0.4, 0.5) is 11.4 Å². The van der Waals surface area contributed by atoms with Crippen molar-refractivity contribution in [2.75, 3.05) is 0 Å². The molecule has 25 heavy (non-hydrogen) atoms. The molecule has 2 aromatic rings. The van der Waals surface area contributed by atoms with Gasteiger partial charge in [-0.3, -0.25) is 19.9 Å². The van der Waals surface area contributed by atoms with Crippen LogP contribution < -0.4 is 9.83 Å². The van der Waals surface area contributed by atoms with Crippen molar-refractivity contribution in [3.8, 4) is 5.75 Å². The summed E-state index contributed by atoms with van der Waals surface area (Å²) < 4.78 is 25.4. The van der Waals surface area contributed by atoms with Gasteiger partial charge in [-0.2, -0.15) is 0 Å². The first kappa shape index (κ1) is 18.1. The van der Waals surface area contributed by atoms with Gasteiger partial charge in [0.2, 0.25) is 5.91 Å². The third-order valence-electron chi connectivity index (χ3n) is 2.98. The number of benzene rings is 2. The second-order valence-electron chi connectivity index (χ2n) is 4.89. The highest BCUT2D eigenvalue weighted by molar-refractivity contribution is 7.90. The van der Waals surface area contributed by atoms with E-state index < -0.39 is 26.6 Å². The lowest BCUT2D eigenvalue weighted by Crippen LogP contribution is -2.28. The molecule has 2 aromatic carbocycles. The Morgan fingerprint density at radius 1 is 1.20 bits per heavy atom. The van der Waals surface area contributed by atoms with Gasteiger partial charge in [-0.05, 0) is 29.8 Å². The number of sulfonamides is 1. The molecule has 0 atom stereocenters. The zero-order chi connectivity index (χ0) is 18.6. The second-order valence-corrected chi connectivity index (χ2v) is 6.58. The molecule has 0 spiro atoms. The number of aliphatic imine (C=N–C) groups is 1. The van der Waals surface area contributed by atoms with E-state index >= 15 is 0 Å². The van der Waals surface area contributed by atoms with Crippen molar-refractivity contribution >= 4 is 33.5 Å². The monoisotopic (exact) mass is 362 g/mol. The highest BCUT2D eigenvalue weighted by atomic mass is 32.2. The summed E-state index contributed by atoms with van der Waals surface area (Å²) in [6, 6.07) is 8.48. The number of non-ortho nitro benzene ring substituents is 1. The van der Waals surface area contributed by atoms with Crippen molar-refractivity contribution in [2.24, 2.45) is 4.99 Å². The molecule has 9 nitrogen and oxygen atoms in total. The van der Waals surface area contributed by atoms with Gasteiger partial charge in [-0.25, -0.2) is 13.1 Å². The predicted octanol–water partition coefficient (Wildman–Crippen LogP) is 1.24. The Labute approximate surface area is 142 Å². The Morgan fingerprint density at radius 3 is 2.40 bits per heavy atom. The molecule has 0 aromatic heterocycles. The first-order valence-corrected chi connectivity index (χ1v) is 8.30. The van der Waals surface area contributed by atoms with E-state index in [9.17, 15) is 28.4 Å². The lowest BCUT2D eigenvalue weighted by molar-refractivity contribution is -0.385. The minimum Gasteiger partial charge on any atom is -0.872 e. The first-order chi connectivity index (χ1) is 11.7. The summed E-state index contributed by atoms with van der Waals surface area (Å²) >= 11 is 0. The largest absolute Gasteiger partial charge is 0.872 e. The SMILES string of the molecule is CC(=O)NS(=O)(=O)c1ccc(N=Cc2cc([N+](=O)[O-])ccc2[O-])cc1. The van der Waals surface area contributed by atoms with Crippen molar-refractivity contribution < 1.29 is 23.2 Å². The Kier molecular flexibility index (Phi) is 5.13. The van der Waals surface area contributed by atoms with Crippen LogP contribution in [0.3, 0.4) is 0 Å². The molecule has 2 rings (SSSR count). The smallest absolute Gasteiger partial charge is 0.270 e. The van der Waals surface area contributed by atoms with Crippen molar-refractivity contribution in [1.29, 1.82) is 0 Å². The molecule has 0 bridgehead atoms. The fourth-order valence-corrected chi connectivity index (χ4v) is 2.84. The number of carbonyl (C=O) groups is 1. The van der Waals surface area contributed by atoms with Crippen LogP contribution in [-0.4, -0.2) is 25.5 Å². The summed E-state index contributed by atoms with van der Waals surface area (Å²) in [6.07, 6.45) is 1.16. The van der Waals surface area contributed by atoms with Gasteiger partial charge >= 0.3 is 0 Å². The molecule has 1 N–H and O–H groups in total. The van der Waals surface area contributed by atoms with E-state index in [4.69, 9.17) is 0 Å². The number of nitrogens with zero attached hydrogens (tertiary/aromatic N) is 2. The van der Waals surface area contributed by atoms with E-state index in [1.165, 1.54) is 24.3 Å². The number of hydrogen-bond acceptors (Lipinski definition) is 7. The summed E-state index contributed by atoms with van der Waals surface area (Å²) in [5.74, 6) is -1.14. The van der Waals surface area contributed by atoms with E-state index in [1.54, 1.807) is 0 Å². The summed E-state index contributed by atoms with van der Waals surface area (Å²) in [4.78, 5) is 24.8. The molecular formula is C15H12N3O6S-. The molecule has 0 saturated heterocycles. The molecule has 130 valence electrons. The molecule has 0 aliphatic heterocycles. The maximum atomic E-state index is 11.8. The van der Waals surface area contributed by atoms with Crippen molar-refractivity contribution in [3.63, 3.8) is 0 Å². The molecule has 0 heterocycles. The zero-order valence-corrected chi connectivity index (χ0v) is 13.7. The van der Waals surface area contributed by atoms with Gasteiger partial charge in [0.25, 0.3) is 15.7 Å². The average molecular weight is 362 g/mol. The van der Waals surface area contributed by atoms with E-state index in [2.05, 4.69) is 4.99 Å². The van der Waals surface area contributed by atoms with Crippen LogP contribution in [0, 0.1) is 10.1 Å². The van der Waals surface area contributed by atoms with Gasteiger partial charge in [0, 0.05) is 25.3 Å². The Hall–Kier alpha value is -3.27. The van der Waals surface area contributed by atoms with Crippen LogP contribution in [-0.2, 0) is 14.8 Å². The quantitative estimate of drug-likeness (QED) is 0.482. The molecule has 10 heteroatoms. The molecule has 0 radical (unpaired) electrons. The lowest BCUT2D eigenvalue weighted by atomic mass is 10.2. The summed E-state index contributed by atoms with van der Waals surface area (Å²) in [7, 11) is -3.94. The Balaban J connectivity index is 2.25. The fraction of sp³-hybridized carbons (Fsp3) is 0.0667. The predicted molar refractivity (Wildman–Crippen MR) is 87.2 cm³/mol. The number of carbonyl (C=O) groups excluding carboxylic acids is 1. The third kappa shape index (κ3) is 4.61. The molecule has 0 fully saturated rings. The number of nitro benzene ring substituents is 1. The van der Waals surface area contributed by atoms with Crippen LogP contribution in [0.1, 0.15) is 12.5 Å². The first-order valence-electron chi connectivity index (χ1n) is 6.82. The van der Waals surface area contributed by atoms with Gasteiger partial charge in [-0.15, -0.1) is 0 Å². The molecule has 0 aliphatic carbocycles. The number of hydrogen-bond donors (Lipinski definition) is 1. The number of rotatable bonds is 5. The van der Waals surface area contributed by atoms with Crippen LogP contribution in [0.15, 0.2) is 52.4 Å². The van der Waals surface area contributed by atoms with E-state index in [0.29, 0.717) is 5.69 Å². The van der Waals surface area contributed by atoms with Crippen molar-refractivity contribution in [1.82, 2.24) is 4.72 Å². The van der Waals surface area contributed by atoms with Gasteiger partial charge < -0.3 is 5.11 Å². The van der Waals surface area contributed by atoms with Crippen LogP contribution in [0.2, 0.25) is 0 Å². The number of nitro groups is 1. The Morgan fingerprint density at radius 2 is 1.84 bits per heavy atom. The average Bonchev–Trinajstić information content (AvgIpc) is 2.53. The van der Waals surface area contributed by atoms with E-state index in [1.807, 2.05) is 4.72 Å².